The number of esters is 1. The van der Waals surface area contributed by atoms with Crippen molar-refractivity contribution in [3.63, 3.8) is 0 Å². The summed E-state index contributed by atoms with van der Waals surface area (Å²) in [7, 11) is 0. The molecule has 0 radical (unpaired) electrons. The largest absolute Gasteiger partial charge is 0.481 e. The number of hydrogen-bond donors (Lipinski definition) is 1. The van der Waals surface area contributed by atoms with Crippen molar-refractivity contribution in [1.82, 2.24) is 0 Å². The van der Waals surface area contributed by atoms with Crippen LogP contribution in [0.2, 0.25) is 0 Å². The smallest absolute Gasteiger partial charge is 0.310 e. The van der Waals surface area contributed by atoms with Crippen molar-refractivity contribution in [2.75, 3.05) is 6.61 Å². The molecule has 0 fully saturated rings. The van der Waals surface area contributed by atoms with Gasteiger partial charge in [-0.2, -0.15) is 0 Å². The zero-order valence-electron chi connectivity index (χ0n) is 13.6. The average molecular weight is 294 g/mol. The number of carbonyl (C=O) groups is 2. The van der Waals surface area contributed by atoms with Crippen molar-refractivity contribution < 1.29 is 19.4 Å². The number of carbonyl (C=O) groups excluding carboxylic acids is 1. The standard InChI is InChI=1S/C13H18O2.C4H8O2/c1-9(2)8-11-4-6-12(7-5-11)10(3)13(14)15;1-3-6-4(2)5/h4-7,9-10H,8H2,1-3H3,(H,14,15);3H2,1-2H3. The van der Waals surface area contributed by atoms with Gasteiger partial charge < -0.3 is 9.84 Å². The number of hydrogen-bond acceptors (Lipinski definition) is 3. The first-order valence-electron chi connectivity index (χ1n) is 7.22. The van der Waals surface area contributed by atoms with Crippen LogP contribution in [0.15, 0.2) is 24.3 Å². The molecule has 0 aliphatic rings. The molecule has 21 heavy (non-hydrogen) atoms. The number of benzene rings is 1. The summed E-state index contributed by atoms with van der Waals surface area (Å²) in [6.07, 6.45) is 1.04. The minimum Gasteiger partial charge on any atom is -0.481 e. The predicted molar refractivity (Wildman–Crippen MR) is 83.3 cm³/mol. The van der Waals surface area contributed by atoms with Crippen LogP contribution in [0.1, 0.15) is 51.7 Å². The first kappa shape index (κ1) is 19.2. The van der Waals surface area contributed by atoms with E-state index in [0.717, 1.165) is 12.0 Å². The molecule has 1 N–H and O–H groups in total. The topological polar surface area (TPSA) is 63.6 Å². The van der Waals surface area contributed by atoms with E-state index in [1.807, 2.05) is 24.3 Å². The second-order valence-corrected chi connectivity index (χ2v) is 5.32. The Balaban J connectivity index is 0.000000567. The van der Waals surface area contributed by atoms with Gasteiger partial charge in [-0.3, -0.25) is 9.59 Å². The van der Waals surface area contributed by atoms with Crippen molar-refractivity contribution in [3.05, 3.63) is 35.4 Å². The highest BCUT2D eigenvalue weighted by molar-refractivity contribution is 5.75. The molecule has 0 saturated carbocycles. The van der Waals surface area contributed by atoms with E-state index >= 15 is 0 Å². The second-order valence-electron chi connectivity index (χ2n) is 5.32. The van der Waals surface area contributed by atoms with Gasteiger partial charge in [-0.1, -0.05) is 38.1 Å². The minimum atomic E-state index is -0.772. The van der Waals surface area contributed by atoms with Gasteiger partial charge in [0.2, 0.25) is 0 Å². The van der Waals surface area contributed by atoms with E-state index in [0.29, 0.717) is 12.5 Å². The van der Waals surface area contributed by atoms with Gasteiger partial charge in [0.15, 0.2) is 0 Å². The van der Waals surface area contributed by atoms with E-state index in [4.69, 9.17) is 5.11 Å². The molecule has 1 aromatic carbocycles. The third kappa shape index (κ3) is 8.84. The van der Waals surface area contributed by atoms with Gasteiger partial charge in [0, 0.05) is 6.92 Å². The number of rotatable bonds is 5. The average Bonchev–Trinajstić information content (AvgIpc) is 2.38. The molecule has 4 heteroatoms. The molecule has 1 atom stereocenters. The summed E-state index contributed by atoms with van der Waals surface area (Å²) in [5.74, 6) is -0.769. The summed E-state index contributed by atoms with van der Waals surface area (Å²) in [6.45, 7) is 9.71. The number of carboxylic acids is 1. The molecule has 4 nitrogen and oxygen atoms in total. The quantitative estimate of drug-likeness (QED) is 0.842. The Labute approximate surface area is 127 Å². The fourth-order valence-corrected chi connectivity index (χ4v) is 1.76. The van der Waals surface area contributed by atoms with Crippen molar-refractivity contribution in [2.24, 2.45) is 5.92 Å². The summed E-state index contributed by atoms with van der Waals surface area (Å²) in [4.78, 5) is 20.6. The van der Waals surface area contributed by atoms with Gasteiger partial charge in [0.05, 0.1) is 12.5 Å². The Bertz CT molecular complexity index is 435. The number of ether oxygens (including phenoxy) is 1. The third-order valence-corrected chi connectivity index (χ3v) is 2.84. The molecular weight excluding hydrogens is 268 g/mol. The van der Waals surface area contributed by atoms with Crippen LogP contribution < -0.4 is 0 Å². The highest BCUT2D eigenvalue weighted by atomic mass is 16.5. The fraction of sp³-hybridized carbons (Fsp3) is 0.529. The maximum atomic E-state index is 10.8. The first-order valence-corrected chi connectivity index (χ1v) is 7.22. The summed E-state index contributed by atoms with van der Waals surface area (Å²) in [5.41, 5.74) is 2.14. The SMILES string of the molecule is CC(C)Cc1ccc(C(C)C(=O)O)cc1.CCOC(C)=O. The fourth-order valence-electron chi connectivity index (χ4n) is 1.76. The summed E-state index contributed by atoms with van der Waals surface area (Å²) >= 11 is 0. The molecule has 0 heterocycles. The highest BCUT2D eigenvalue weighted by Crippen LogP contribution is 2.17. The highest BCUT2D eigenvalue weighted by Gasteiger charge is 2.12. The second kappa shape index (κ2) is 9.97. The molecular formula is C17H26O4. The maximum absolute atomic E-state index is 10.8. The summed E-state index contributed by atoms with van der Waals surface area (Å²) in [5, 5.41) is 8.85. The van der Waals surface area contributed by atoms with E-state index in [9.17, 15) is 9.59 Å². The zero-order valence-corrected chi connectivity index (χ0v) is 13.6. The van der Waals surface area contributed by atoms with Crippen LogP contribution >= 0.6 is 0 Å². The van der Waals surface area contributed by atoms with E-state index < -0.39 is 11.9 Å². The Morgan fingerprint density at radius 3 is 1.95 bits per heavy atom. The van der Waals surface area contributed by atoms with Gasteiger partial charge >= 0.3 is 11.9 Å². The zero-order chi connectivity index (χ0) is 16.4. The van der Waals surface area contributed by atoms with E-state index in [2.05, 4.69) is 18.6 Å². The van der Waals surface area contributed by atoms with Crippen LogP contribution in [-0.2, 0) is 20.7 Å². The molecule has 0 amide bonds. The Hall–Kier alpha value is -1.84. The Morgan fingerprint density at radius 1 is 1.14 bits per heavy atom. The first-order chi connectivity index (χ1) is 9.77. The molecule has 0 spiro atoms. The lowest BCUT2D eigenvalue weighted by atomic mass is 9.97. The lowest BCUT2D eigenvalue weighted by Gasteiger charge is -2.09. The lowest BCUT2D eigenvalue weighted by Crippen LogP contribution is -2.07. The van der Waals surface area contributed by atoms with Gasteiger partial charge in [-0.25, -0.2) is 0 Å². The monoisotopic (exact) mass is 294 g/mol. The summed E-state index contributed by atoms with van der Waals surface area (Å²) in [6, 6.07) is 7.87. The maximum Gasteiger partial charge on any atom is 0.310 e. The molecule has 1 rings (SSSR count). The molecule has 1 unspecified atom stereocenters. The van der Waals surface area contributed by atoms with Gasteiger partial charge in [0.1, 0.15) is 0 Å². The lowest BCUT2D eigenvalue weighted by molar-refractivity contribution is -0.140. The minimum absolute atomic E-state index is 0.211. The predicted octanol–water partition coefficient (Wildman–Crippen LogP) is 3.64. The van der Waals surface area contributed by atoms with Crippen molar-refractivity contribution in [3.8, 4) is 0 Å². The molecule has 0 aromatic heterocycles. The van der Waals surface area contributed by atoms with Gasteiger partial charge in [0.25, 0.3) is 0 Å². The molecule has 0 aliphatic carbocycles. The van der Waals surface area contributed by atoms with Crippen molar-refractivity contribution in [1.29, 1.82) is 0 Å². The normalized spacial score (nSPS) is 11.3. The number of carboxylic acid groups (broad SMARTS) is 1. The Morgan fingerprint density at radius 2 is 1.67 bits per heavy atom. The van der Waals surface area contributed by atoms with E-state index in [-0.39, 0.29) is 5.97 Å². The molecule has 0 bridgehead atoms. The van der Waals surface area contributed by atoms with Crippen molar-refractivity contribution >= 4 is 11.9 Å². The van der Waals surface area contributed by atoms with Crippen LogP contribution in [-0.4, -0.2) is 23.7 Å². The van der Waals surface area contributed by atoms with Crippen LogP contribution in [0.25, 0.3) is 0 Å². The summed E-state index contributed by atoms with van der Waals surface area (Å²) < 4.78 is 4.40. The molecule has 0 saturated heterocycles. The third-order valence-electron chi connectivity index (χ3n) is 2.84. The van der Waals surface area contributed by atoms with Gasteiger partial charge in [-0.15, -0.1) is 0 Å². The van der Waals surface area contributed by atoms with Crippen LogP contribution in [0.5, 0.6) is 0 Å². The van der Waals surface area contributed by atoms with Crippen molar-refractivity contribution in [2.45, 2.75) is 47.0 Å². The Kier molecular flexibility index (Phi) is 9.10. The van der Waals surface area contributed by atoms with Gasteiger partial charge in [-0.05, 0) is 37.3 Å². The van der Waals surface area contributed by atoms with E-state index in [1.54, 1.807) is 13.8 Å². The van der Waals surface area contributed by atoms with Crippen LogP contribution in [0, 0.1) is 5.92 Å². The van der Waals surface area contributed by atoms with E-state index in [1.165, 1.54) is 12.5 Å². The number of aliphatic carboxylic acids is 1. The molecule has 118 valence electrons. The molecule has 0 aliphatic heterocycles. The van der Waals surface area contributed by atoms with Crippen LogP contribution in [0.3, 0.4) is 0 Å². The van der Waals surface area contributed by atoms with Crippen LogP contribution in [0.4, 0.5) is 0 Å². The molecule has 1 aromatic rings.